The maximum atomic E-state index is 8.28. The molecule has 1 radical (unpaired) electrons. The predicted octanol–water partition coefficient (Wildman–Crippen LogP) is 0.0795. The molecule has 57 valence electrons. The molecule has 4 nitrogen and oxygen atoms in total. The van der Waals surface area contributed by atoms with Crippen LogP contribution in [0.25, 0.3) is 0 Å². The monoisotopic (exact) mass is 157 g/mol. The third-order valence-electron chi connectivity index (χ3n) is 1.16. The third-order valence-corrected chi connectivity index (χ3v) is 1.16. The first kappa shape index (κ1) is 13.4. The molecule has 0 spiro atoms. The molecule has 0 saturated heterocycles. The predicted molar refractivity (Wildman–Crippen MR) is 38.9 cm³/mol. The number of hydrogen-bond donors (Lipinski definition) is 4. The Morgan fingerprint density at radius 2 is 1.80 bits per heavy atom. The average Bonchev–Trinajstić information content (AvgIpc) is 1.91. The topological polar surface area (TPSA) is 64.5 Å². The van der Waals surface area contributed by atoms with Gasteiger partial charge in [-0.05, 0) is 6.42 Å². The fraction of sp³-hybridized carbons (Fsp3) is 1.00. The van der Waals surface area contributed by atoms with Crippen LogP contribution < -0.4 is 11.0 Å². The van der Waals surface area contributed by atoms with Gasteiger partial charge in [-0.15, -0.1) is 0 Å². The van der Waals surface area contributed by atoms with Crippen LogP contribution in [0, 0.1) is 0 Å². The molecular formula is C5H14N2NaO2. The second kappa shape index (κ2) is 9.84. The summed E-state index contributed by atoms with van der Waals surface area (Å²) < 4.78 is 0. The smallest absolute Gasteiger partial charge is 0.104 e. The van der Waals surface area contributed by atoms with E-state index >= 15 is 0 Å². The van der Waals surface area contributed by atoms with Gasteiger partial charge < -0.3 is 10.4 Å². The Kier molecular flexibility index (Phi) is 13.2. The molecule has 5 heteroatoms. The summed E-state index contributed by atoms with van der Waals surface area (Å²) in [4.78, 5) is 0. The van der Waals surface area contributed by atoms with Crippen molar-refractivity contribution in [2.75, 3.05) is 0 Å². The fourth-order valence-corrected chi connectivity index (χ4v) is 0.566. The first-order chi connectivity index (χ1) is 4.35. The van der Waals surface area contributed by atoms with Gasteiger partial charge in [-0.2, -0.15) is 11.0 Å². The molecule has 0 rings (SSSR count). The summed E-state index contributed by atoms with van der Waals surface area (Å²) in [5, 5.41) is 16.6. The number of hydroxylamine groups is 2. The van der Waals surface area contributed by atoms with Gasteiger partial charge in [0.25, 0.3) is 0 Å². The van der Waals surface area contributed by atoms with Crippen LogP contribution in [0.3, 0.4) is 0 Å². The molecule has 0 aromatic rings. The van der Waals surface area contributed by atoms with E-state index in [0.29, 0.717) is 0 Å². The minimum absolute atomic E-state index is 0. The Balaban J connectivity index is 0. The first-order valence-electron chi connectivity index (χ1n) is 3.14. The fourth-order valence-electron chi connectivity index (χ4n) is 0.566. The normalized spacial score (nSPS) is 9.60. The largest absolute Gasteiger partial charge is 0.315 e. The van der Waals surface area contributed by atoms with Crippen molar-refractivity contribution in [2.45, 2.75) is 32.4 Å². The molecule has 0 aromatic heterocycles. The molecule has 0 saturated carbocycles. The van der Waals surface area contributed by atoms with E-state index in [2.05, 4.69) is 0 Å². The van der Waals surface area contributed by atoms with E-state index in [-0.39, 0.29) is 35.7 Å². The SMILES string of the molecule is CCCCC(NO)NO.[Na]. The molecule has 4 N–H and O–H groups in total. The van der Waals surface area contributed by atoms with Crippen LogP contribution in [0.15, 0.2) is 0 Å². The Labute approximate surface area is 83.2 Å². The van der Waals surface area contributed by atoms with E-state index in [0.717, 1.165) is 19.3 Å². The molecule has 0 aliphatic heterocycles. The van der Waals surface area contributed by atoms with Crippen LogP contribution >= 0.6 is 0 Å². The Morgan fingerprint density at radius 1 is 1.30 bits per heavy atom. The van der Waals surface area contributed by atoms with Gasteiger partial charge in [0, 0.05) is 29.6 Å². The zero-order chi connectivity index (χ0) is 7.11. The van der Waals surface area contributed by atoms with Crippen molar-refractivity contribution in [1.82, 2.24) is 11.0 Å². The summed E-state index contributed by atoms with van der Waals surface area (Å²) in [5.74, 6) is 0. The molecule has 0 fully saturated rings. The van der Waals surface area contributed by atoms with Gasteiger partial charge in [0.2, 0.25) is 0 Å². The van der Waals surface area contributed by atoms with E-state index < -0.39 is 0 Å². The van der Waals surface area contributed by atoms with Crippen molar-refractivity contribution in [3.05, 3.63) is 0 Å². The molecule has 0 heterocycles. The molecular weight excluding hydrogens is 143 g/mol. The van der Waals surface area contributed by atoms with Crippen molar-refractivity contribution in [1.29, 1.82) is 0 Å². The van der Waals surface area contributed by atoms with Crippen LogP contribution in [0.4, 0.5) is 0 Å². The third kappa shape index (κ3) is 6.95. The van der Waals surface area contributed by atoms with Crippen molar-refractivity contribution < 1.29 is 10.4 Å². The summed E-state index contributed by atoms with van der Waals surface area (Å²) in [7, 11) is 0. The van der Waals surface area contributed by atoms with Gasteiger partial charge in [-0.1, -0.05) is 19.8 Å². The Hall–Kier alpha value is 0.840. The summed E-state index contributed by atoms with van der Waals surface area (Å²) >= 11 is 0. The van der Waals surface area contributed by atoms with Gasteiger partial charge >= 0.3 is 0 Å². The maximum Gasteiger partial charge on any atom is 0.104 e. The van der Waals surface area contributed by atoms with E-state index in [1.807, 2.05) is 17.9 Å². The minimum Gasteiger partial charge on any atom is -0.315 e. The minimum atomic E-state index is -0.384. The Bertz CT molecular complexity index is 61.6. The molecule has 0 aromatic carbocycles. The van der Waals surface area contributed by atoms with E-state index in [4.69, 9.17) is 10.4 Å². The molecule has 0 atom stereocenters. The van der Waals surface area contributed by atoms with Crippen molar-refractivity contribution >= 4 is 29.6 Å². The summed E-state index contributed by atoms with van der Waals surface area (Å²) in [5.41, 5.74) is 3.85. The van der Waals surface area contributed by atoms with Gasteiger partial charge in [0.1, 0.15) is 6.17 Å². The standard InChI is InChI=1S/C5H14N2O2.Na/c1-2-3-4-5(6-8)7-9;/h5-9H,2-4H2,1H3;. The summed E-state index contributed by atoms with van der Waals surface area (Å²) in [6, 6.07) is 0. The molecule has 0 bridgehead atoms. The molecule has 0 amide bonds. The van der Waals surface area contributed by atoms with Crippen LogP contribution in [-0.2, 0) is 0 Å². The molecule has 0 aliphatic rings. The zero-order valence-corrected chi connectivity index (χ0v) is 8.59. The molecule has 10 heavy (non-hydrogen) atoms. The van der Waals surface area contributed by atoms with E-state index in [1.54, 1.807) is 0 Å². The quantitative estimate of drug-likeness (QED) is 0.259. The summed E-state index contributed by atoms with van der Waals surface area (Å²) in [6.45, 7) is 2.05. The van der Waals surface area contributed by atoms with Gasteiger partial charge in [0.15, 0.2) is 0 Å². The van der Waals surface area contributed by atoms with Crippen molar-refractivity contribution in [3.63, 3.8) is 0 Å². The van der Waals surface area contributed by atoms with Crippen LogP contribution in [0.5, 0.6) is 0 Å². The molecule has 0 aliphatic carbocycles. The van der Waals surface area contributed by atoms with Crippen molar-refractivity contribution in [3.8, 4) is 0 Å². The average molecular weight is 157 g/mol. The van der Waals surface area contributed by atoms with E-state index in [9.17, 15) is 0 Å². The summed E-state index contributed by atoms with van der Waals surface area (Å²) in [6.07, 6.45) is 2.37. The number of hydrogen-bond acceptors (Lipinski definition) is 4. The van der Waals surface area contributed by atoms with Crippen LogP contribution in [-0.4, -0.2) is 46.1 Å². The number of unbranched alkanes of at least 4 members (excludes halogenated alkanes) is 1. The molecule has 0 unspecified atom stereocenters. The second-order valence-corrected chi connectivity index (χ2v) is 1.95. The van der Waals surface area contributed by atoms with Gasteiger partial charge in [-0.3, -0.25) is 0 Å². The van der Waals surface area contributed by atoms with Crippen LogP contribution in [0.2, 0.25) is 0 Å². The first-order valence-corrected chi connectivity index (χ1v) is 3.14. The van der Waals surface area contributed by atoms with Gasteiger partial charge in [0.05, 0.1) is 0 Å². The number of nitrogens with one attached hydrogen (secondary N) is 2. The Morgan fingerprint density at radius 3 is 2.10 bits per heavy atom. The maximum absolute atomic E-state index is 8.28. The van der Waals surface area contributed by atoms with Crippen LogP contribution in [0.1, 0.15) is 26.2 Å². The van der Waals surface area contributed by atoms with Gasteiger partial charge in [-0.25, -0.2) is 0 Å². The van der Waals surface area contributed by atoms with E-state index in [1.165, 1.54) is 0 Å². The van der Waals surface area contributed by atoms with Crippen molar-refractivity contribution in [2.24, 2.45) is 0 Å². The zero-order valence-electron chi connectivity index (χ0n) is 6.59. The second-order valence-electron chi connectivity index (χ2n) is 1.95. The number of rotatable bonds is 5.